The smallest absolute Gasteiger partial charge is 0.410 e. The highest BCUT2D eigenvalue weighted by atomic mass is 79.9. The molecule has 0 spiro atoms. The Kier molecular flexibility index (Phi) is 11.4. The van der Waals surface area contributed by atoms with Crippen molar-refractivity contribution in [2.45, 2.75) is 89.7 Å². The number of rotatable bonds is 10. The minimum Gasteiger partial charge on any atom is -0.444 e. The number of anilines is 1. The van der Waals surface area contributed by atoms with Crippen molar-refractivity contribution in [3.8, 4) is 0 Å². The van der Waals surface area contributed by atoms with E-state index in [4.69, 9.17) is 9.47 Å². The van der Waals surface area contributed by atoms with Gasteiger partial charge in [-0.25, -0.2) is 4.79 Å². The van der Waals surface area contributed by atoms with Gasteiger partial charge in [-0.05, 0) is 65.0 Å². The highest BCUT2D eigenvalue weighted by Crippen LogP contribution is 2.31. The number of amides is 2. The van der Waals surface area contributed by atoms with Gasteiger partial charge < -0.3 is 34.7 Å². The van der Waals surface area contributed by atoms with Gasteiger partial charge in [0.25, 0.3) is 0 Å². The molecule has 1 aromatic carbocycles. The van der Waals surface area contributed by atoms with E-state index in [1.165, 1.54) is 0 Å². The van der Waals surface area contributed by atoms with Crippen LogP contribution >= 0.6 is 15.9 Å². The number of benzene rings is 1. The Labute approximate surface area is 235 Å². The third-order valence-corrected chi connectivity index (χ3v) is 7.76. The average molecular weight is 596 g/mol. The van der Waals surface area contributed by atoms with Crippen LogP contribution in [-0.2, 0) is 25.6 Å². The lowest BCUT2D eigenvalue weighted by atomic mass is 10.0. The number of piperidine rings is 2. The first-order chi connectivity index (χ1) is 18.1. The van der Waals surface area contributed by atoms with Gasteiger partial charge in [0.1, 0.15) is 11.9 Å². The van der Waals surface area contributed by atoms with Crippen LogP contribution in [0, 0.1) is 0 Å². The molecule has 2 N–H and O–H groups in total. The quantitative estimate of drug-likeness (QED) is 0.395. The fraction of sp³-hybridized carbons (Fsp3) is 0.679. The maximum Gasteiger partial charge on any atom is 0.410 e. The number of carbonyl (C=O) groups excluding carboxylic acids is 3. The predicted molar refractivity (Wildman–Crippen MR) is 151 cm³/mol. The summed E-state index contributed by atoms with van der Waals surface area (Å²) in [6.45, 7) is 9.29. The van der Waals surface area contributed by atoms with Gasteiger partial charge in [-0.15, -0.1) is 0 Å². The van der Waals surface area contributed by atoms with Crippen LogP contribution in [0.25, 0.3) is 0 Å². The van der Waals surface area contributed by atoms with Crippen molar-refractivity contribution in [3.05, 3.63) is 28.2 Å². The molecule has 0 aliphatic carbocycles. The van der Waals surface area contributed by atoms with E-state index in [0.717, 1.165) is 60.8 Å². The summed E-state index contributed by atoms with van der Waals surface area (Å²) < 4.78 is 12.9. The number of halogens is 1. The molecule has 1 atom stereocenters. The van der Waals surface area contributed by atoms with Gasteiger partial charge in [-0.2, -0.15) is 0 Å². The summed E-state index contributed by atoms with van der Waals surface area (Å²) in [6.07, 6.45) is 5.33. The van der Waals surface area contributed by atoms with Crippen molar-refractivity contribution in [1.29, 1.82) is 0 Å². The van der Waals surface area contributed by atoms with E-state index >= 15 is 0 Å². The molecular weight excluding hydrogens is 552 g/mol. The Balaban J connectivity index is 1.48. The first-order valence-electron chi connectivity index (χ1n) is 13.6. The molecule has 2 aliphatic rings. The van der Waals surface area contributed by atoms with E-state index < -0.39 is 5.60 Å². The molecule has 0 aromatic heterocycles. The average Bonchev–Trinajstić information content (AvgIpc) is 2.89. The Morgan fingerprint density at radius 2 is 1.74 bits per heavy atom. The zero-order valence-corrected chi connectivity index (χ0v) is 24.7. The molecule has 10 heteroatoms. The summed E-state index contributed by atoms with van der Waals surface area (Å²) in [5, 5.41) is 5.90. The largest absolute Gasteiger partial charge is 0.444 e. The maximum absolute atomic E-state index is 12.3. The predicted octanol–water partition coefficient (Wildman–Crippen LogP) is 4.02. The monoisotopic (exact) mass is 594 g/mol. The van der Waals surface area contributed by atoms with Gasteiger partial charge in [0.2, 0.25) is 5.91 Å². The highest BCUT2D eigenvalue weighted by molar-refractivity contribution is 9.10. The molecule has 212 valence electrons. The van der Waals surface area contributed by atoms with Crippen LogP contribution in [0.1, 0.15) is 64.9 Å². The van der Waals surface area contributed by atoms with Crippen LogP contribution in [0.3, 0.4) is 0 Å². The summed E-state index contributed by atoms with van der Waals surface area (Å²) >= 11 is 3.69. The number of aldehydes is 1. The number of carbonyl (C=O) groups is 3. The Morgan fingerprint density at radius 3 is 2.32 bits per heavy atom. The van der Waals surface area contributed by atoms with Gasteiger partial charge in [0.05, 0.1) is 18.2 Å². The number of nitrogens with one attached hydrogen (secondary N) is 2. The minimum absolute atomic E-state index is 0.0704. The minimum atomic E-state index is -0.481. The lowest BCUT2D eigenvalue weighted by Gasteiger charge is -2.38. The maximum atomic E-state index is 12.3. The lowest BCUT2D eigenvalue weighted by molar-refractivity contribution is -0.120. The Bertz CT molecular complexity index is 938. The van der Waals surface area contributed by atoms with E-state index in [2.05, 4.69) is 37.5 Å². The first kappa shape index (κ1) is 30.4. The molecule has 2 fully saturated rings. The van der Waals surface area contributed by atoms with Crippen molar-refractivity contribution < 1.29 is 23.9 Å². The molecule has 2 saturated heterocycles. The van der Waals surface area contributed by atoms with Crippen LogP contribution in [-0.4, -0.2) is 80.3 Å². The number of nitrogens with zero attached hydrogens (tertiary/aromatic N) is 2. The molecule has 2 heterocycles. The van der Waals surface area contributed by atoms with E-state index in [0.29, 0.717) is 32.5 Å². The molecule has 1 aromatic rings. The Morgan fingerprint density at radius 1 is 1.11 bits per heavy atom. The fourth-order valence-electron chi connectivity index (χ4n) is 4.89. The molecule has 2 amide bonds. The van der Waals surface area contributed by atoms with Gasteiger partial charge in [0.15, 0.2) is 0 Å². The van der Waals surface area contributed by atoms with Gasteiger partial charge in [-0.1, -0.05) is 22.0 Å². The third kappa shape index (κ3) is 9.24. The molecule has 0 bridgehead atoms. The number of ether oxygens (including phenoxy) is 2. The fourth-order valence-corrected chi connectivity index (χ4v) is 5.38. The Hall–Kier alpha value is -2.17. The van der Waals surface area contributed by atoms with Crippen LogP contribution in [0.5, 0.6) is 0 Å². The molecule has 9 nitrogen and oxygen atoms in total. The molecule has 38 heavy (non-hydrogen) atoms. The number of hydrogen-bond donors (Lipinski definition) is 2. The second-order valence-corrected chi connectivity index (χ2v) is 11.9. The highest BCUT2D eigenvalue weighted by Gasteiger charge is 2.30. The van der Waals surface area contributed by atoms with Crippen molar-refractivity contribution in [2.75, 3.05) is 38.1 Å². The number of likely N-dealkylation sites (tertiary alicyclic amines) is 1. The summed E-state index contributed by atoms with van der Waals surface area (Å²) in [4.78, 5) is 39.6. The van der Waals surface area contributed by atoms with Crippen LogP contribution in [0.15, 0.2) is 22.7 Å². The van der Waals surface area contributed by atoms with E-state index in [9.17, 15) is 14.4 Å². The summed E-state index contributed by atoms with van der Waals surface area (Å²) in [7, 11) is 1.60. The van der Waals surface area contributed by atoms with Crippen LogP contribution in [0.2, 0.25) is 0 Å². The van der Waals surface area contributed by atoms with E-state index in [-0.39, 0.29) is 30.3 Å². The normalized spacial score (nSPS) is 18.2. The zero-order chi connectivity index (χ0) is 27.7. The second-order valence-electron chi connectivity index (χ2n) is 11.1. The zero-order valence-electron chi connectivity index (χ0n) is 23.1. The molecule has 0 saturated carbocycles. The van der Waals surface area contributed by atoms with Gasteiger partial charge in [-0.3, -0.25) is 4.79 Å². The summed E-state index contributed by atoms with van der Waals surface area (Å²) in [6, 6.07) is 5.79. The molecule has 0 radical (unpaired) electrons. The lowest BCUT2D eigenvalue weighted by Crippen LogP contribution is -2.45. The van der Waals surface area contributed by atoms with Gasteiger partial charge >= 0.3 is 6.09 Å². The summed E-state index contributed by atoms with van der Waals surface area (Å²) in [5.74, 6) is -0.0704. The van der Waals surface area contributed by atoms with E-state index in [1.807, 2.05) is 32.9 Å². The number of hydrogen-bond acceptors (Lipinski definition) is 7. The molecule has 3 rings (SSSR count). The van der Waals surface area contributed by atoms with Crippen molar-refractivity contribution in [2.24, 2.45) is 0 Å². The topological polar surface area (TPSA) is 100 Å². The molecule has 1 unspecified atom stereocenters. The van der Waals surface area contributed by atoms with E-state index in [1.54, 1.807) is 11.9 Å². The van der Waals surface area contributed by atoms with Crippen LogP contribution < -0.4 is 15.5 Å². The van der Waals surface area contributed by atoms with Gasteiger partial charge in [0, 0.05) is 61.9 Å². The summed E-state index contributed by atoms with van der Waals surface area (Å²) in [5.41, 5.74) is 1.77. The van der Waals surface area contributed by atoms with Crippen molar-refractivity contribution >= 4 is 39.9 Å². The standard InChI is InChI=1S/C28H43BrN4O5/c1-28(2,3)38-27(36)33-16-12-22(13-17-33)37-21-10-14-32(15-11-21)25-7-5-6-24(29)23(25)18-31-20(19-34)8-9-26(35)30-4/h5-7,19-22,31H,8-18H2,1-4H3,(H,30,35). The second kappa shape index (κ2) is 14.3. The SMILES string of the molecule is CNC(=O)CCC(C=O)NCc1c(Br)cccc1N1CCC(OC2CCN(C(=O)OC(C)(C)C)CC2)CC1. The third-order valence-electron chi connectivity index (χ3n) is 7.02. The molecule has 2 aliphatic heterocycles. The first-order valence-corrected chi connectivity index (χ1v) is 14.4. The molecular formula is C28H43BrN4O5. The van der Waals surface area contributed by atoms with Crippen LogP contribution in [0.4, 0.5) is 10.5 Å². The van der Waals surface area contributed by atoms with Crippen molar-refractivity contribution in [3.63, 3.8) is 0 Å². The van der Waals surface area contributed by atoms with Crippen molar-refractivity contribution in [1.82, 2.24) is 15.5 Å².